The molecule has 14 heavy (non-hydrogen) atoms. The van der Waals surface area contributed by atoms with E-state index in [2.05, 4.69) is 33.9 Å². The summed E-state index contributed by atoms with van der Waals surface area (Å²) in [6.07, 6.45) is -0.136. The molecule has 0 aliphatic heterocycles. The van der Waals surface area contributed by atoms with Crippen molar-refractivity contribution in [2.75, 3.05) is 13.2 Å². The summed E-state index contributed by atoms with van der Waals surface area (Å²) in [5, 5.41) is 18.2. The molecular weight excluding hydrogens is 196 g/mol. The van der Waals surface area contributed by atoms with Gasteiger partial charge in [-0.15, -0.1) is 0 Å². The van der Waals surface area contributed by atoms with Gasteiger partial charge in [-0.2, -0.15) is 0 Å². The molecule has 4 heteroatoms. The van der Waals surface area contributed by atoms with Crippen molar-refractivity contribution in [1.82, 2.24) is 0 Å². The van der Waals surface area contributed by atoms with Crippen LogP contribution in [-0.2, 0) is 4.43 Å². The molecule has 0 amide bonds. The molecule has 1 atom stereocenters. The van der Waals surface area contributed by atoms with Crippen LogP contribution in [0.15, 0.2) is 0 Å². The van der Waals surface area contributed by atoms with Gasteiger partial charge in [0.1, 0.15) is 0 Å². The summed E-state index contributed by atoms with van der Waals surface area (Å²) in [5.74, 6) is 0. The lowest BCUT2D eigenvalue weighted by Crippen LogP contribution is -2.42. The standard InChI is InChI=1S/C10H24O3Si/c1-10(2,3)14(4,5)13-8-9(12)6-7-11/h9,11-12H,6-8H2,1-5H3/t9-/m1/s1. The third-order valence-electron chi connectivity index (χ3n) is 2.91. The summed E-state index contributed by atoms with van der Waals surface area (Å²) < 4.78 is 5.79. The van der Waals surface area contributed by atoms with E-state index in [1.807, 2.05) is 0 Å². The number of aliphatic hydroxyl groups is 2. The summed E-state index contributed by atoms with van der Waals surface area (Å²) in [7, 11) is -1.74. The Kier molecular flexibility index (Phi) is 5.29. The molecule has 0 aromatic carbocycles. The van der Waals surface area contributed by atoms with Crippen molar-refractivity contribution in [3.05, 3.63) is 0 Å². The van der Waals surface area contributed by atoms with E-state index in [1.54, 1.807) is 0 Å². The molecular formula is C10H24O3Si. The second-order valence-corrected chi connectivity index (χ2v) is 10.0. The fraction of sp³-hybridized carbons (Fsp3) is 1.00. The topological polar surface area (TPSA) is 49.7 Å². The van der Waals surface area contributed by atoms with Crippen LogP contribution in [0.3, 0.4) is 0 Å². The first-order valence-corrected chi connectivity index (χ1v) is 8.04. The molecule has 0 radical (unpaired) electrons. The SMILES string of the molecule is CC(C)(C)[Si](C)(C)OC[C@H](O)CCO. The first kappa shape index (κ1) is 14.1. The fourth-order valence-electron chi connectivity index (χ4n) is 0.753. The summed E-state index contributed by atoms with van der Waals surface area (Å²) in [5.41, 5.74) is 0. The first-order chi connectivity index (χ1) is 6.20. The molecule has 2 N–H and O–H groups in total. The van der Waals surface area contributed by atoms with Crippen molar-refractivity contribution in [3.63, 3.8) is 0 Å². The van der Waals surface area contributed by atoms with Gasteiger partial charge in [-0.05, 0) is 24.6 Å². The zero-order chi connectivity index (χ0) is 11.4. The van der Waals surface area contributed by atoms with Crippen LogP contribution in [0.2, 0.25) is 18.1 Å². The van der Waals surface area contributed by atoms with Gasteiger partial charge in [0.15, 0.2) is 8.32 Å². The molecule has 0 aromatic heterocycles. The van der Waals surface area contributed by atoms with Gasteiger partial charge in [0.2, 0.25) is 0 Å². The van der Waals surface area contributed by atoms with E-state index < -0.39 is 14.4 Å². The van der Waals surface area contributed by atoms with Crippen LogP contribution >= 0.6 is 0 Å². The number of hydrogen-bond donors (Lipinski definition) is 2. The smallest absolute Gasteiger partial charge is 0.192 e. The van der Waals surface area contributed by atoms with Crippen molar-refractivity contribution in [3.8, 4) is 0 Å². The predicted molar refractivity (Wildman–Crippen MR) is 60.9 cm³/mol. The monoisotopic (exact) mass is 220 g/mol. The predicted octanol–water partition coefficient (Wildman–Crippen LogP) is 1.75. The summed E-state index contributed by atoms with van der Waals surface area (Å²) in [4.78, 5) is 0. The van der Waals surface area contributed by atoms with E-state index in [-0.39, 0.29) is 11.6 Å². The minimum absolute atomic E-state index is 0.0159. The van der Waals surface area contributed by atoms with Crippen molar-refractivity contribution in [2.45, 2.75) is 51.4 Å². The highest BCUT2D eigenvalue weighted by Gasteiger charge is 2.37. The third kappa shape index (κ3) is 4.55. The fourth-order valence-corrected chi connectivity index (χ4v) is 1.80. The number of rotatable bonds is 5. The molecule has 0 saturated heterocycles. The Bertz CT molecular complexity index is 163. The molecule has 0 rings (SSSR count). The van der Waals surface area contributed by atoms with Gasteiger partial charge >= 0.3 is 0 Å². The van der Waals surface area contributed by atoms with Crippen LogP contribution in [-0.4, -0.2) is 37.8 Å². The lowest BCUT2D eigenvalue weighted by Gasteiger charge is -2.36. The van der Waals surface area contributed by atoms with Gasteiger partial charge in [0, 0.05) is 6.61 Å². The Morgan fingerprint density at radius 1 is 1.29 bits per heavy atom. The minimum Gasteiger partial charge on any atom is -0.414 e. The minimum atomic E-state index is -1.74. The molecule has 0 saturated carbocycles. The lowest BCUT2D eigenvalue weighted by molar-refractivity contribution is 0.0763. The van der Waals surface area contributed by atoms with Crippen molar-refractivity contribution in [2.24, 2.45) is 0 Å². The average Bonchev–Trinajstić information content (AvgIpc) is 1.99. The molecule has 0 spiro atoms. The highest BCUT2D eigenvalue weighted by molar-refractivity contribution is 6.74. The highest BCUT2D eigenvalue weighted by Crippen LogP contribution is 2.36. The molecule has 86 valence electrons. The van der Waals surface area contributed by atoms with E-state index in [4.69, 9.17) is 9.53 Å². The van der Waals surface area contributed by atoms with Gasteiger partial charge in [-0.1, -0.05) is 20.8 Å². The Hall–Kier alpha value is 0.0969. The second-order valence-electron chi connectivity index (χ2n) is 5.24. The van der Waals surface area contributed by atoms with Crippen LogP contribution in [0.4, 0.5) is 0 Å². The van der Waals surface area contributed by atoms with Gasteiger partial charge < -0.3 is 14.6 Å². The summed E-state index contributed by atoms with van der Waals surface area (Å²) >= 11 is 0. The normalized spacial score (nSPS) is 15.6. The van der Waals surface area contributed by atoms with Gasteiger partial charge in [0.25, 0.3) is 0 Å². The maximum absolute atomic E-state index is 9.42. The van der Waals surface area contributed by atoms with E-state index in [0.717, 1.165) is 0 Å². The molecule has 0 heterocycles. The van der Waals surface area contributed by atoms with Gasteiger partial charge in [-0.3, -0.25) is 0 Å². The van der Waals surface area contributed by atoms with Crippen LogP contribution in [0.25, 0.3) is 0 Å². The average molecular weight is 220 g/mol. The van der Waals surface area contributed by atoms with Crippen LogP contribution < -0.4 is 0 Å². The quantitative estimate of drug-likeness (QED) is 0.694. The Morgan fingerprint density at radius 2 is 1.79 bits per heavy atom. The maximum Gasteiger partial charge on any atom is 0.192 e. The van der Waals surface area contributed by atoms with Crippen molar-refractivity contribution >= 4 is 8.32 Å². The highest BCUT2D eigenvalue weighted by atomic mass is 28.4. The summed E-state index contributed by atoms with van der Waals surface area (Å²) in [6.45, 7) is 11.2. The largest absolute Gasteiger partial charge is 0.414 e. The van der Waals surface area contributed by atoms with E-state index in [9.17, 15) is 5.11 Å². The van der Waals surface area contributed by atoms with Gasteiger partial charge in [-0.25, -0.2) is 0 Å². The Labute approximate surface area is 88.2 Å². The number of hydrogen-bond acceptors (Lipinski definition) is 3. The molecule has 3 nitrogen and oxygen atoms in total. The van der Waals surface area contributed by atoms with E-state index in [1.165, 1.54) is 0 Å². The molecule has 0 aliphatic rings. The van der Waals surface area contributed by atoms with Crippen LogP contribution in [0.5, 0.6) is 0 Å². The maximum atomic E-state index is 9.42. The van der Waals surface area contributed by atoms with Crippen molar-refractivity contribution < 1.29 is 14.6 Å². The van der Waals surface area contributed by atoms with Crippen LogP contribution in [0.1, 0.15) is 27.2 Å². The molecule has 0 unspecified atom stereocenters. The summed E-state index contributed by atoms with van der Waals surface area (Å²) in [6, 6.07) is 0. The molecule has 0 aromatic rings. The molecule has 0 fully saturated rings. The number of aliphatic hydroxyl groups excluding tert-OH is 2. The molecule has 0 aliphatic carbocycles. The zero-order valence-electron chi connectivity index (χ0n) is 10.0. The first-order valence-electron chi connectivity index (χ1n) is 5.13. The van der Waals surface area contributed by atoms with Crippen LogP contribution in [0, 0.1) is 0 Å². The second kappa shape index (κ2) is 5.26. The van der Waals surface area contributed by atoms with E-state index >= 15 is 0 Å². The molecule has 0 bridgehead atoms. The Balaban J connectivity index is 3.99. The third-order valence-corrected chi connectivity index (χ3v) is 7.41. The lowest BCUT2D eigenvalue weighted by atomic mass is 10.2. The van der Waals surface area contributed by atoms with Gasteiger partial charge in [0.05, 0.1) is 12.7 Å². The Morgan fingerprint density at radius 3 is 2.14 bits per heavy atom. The zero-order valence-corrected chi connectivity index (χ0v) is 11.0. The van der Waals surface area contributed by atoms with Crippen molar-refractivity contribution in [1.29, 1.82) is 0 Å². The van der Waals surface area contributed by atoms with E-state index in [0.29, 0.717) is 13.0 Å².